The van der Waals surface area contributed by atoms with Crippen LogP contribution in [0.2, 0.25) is 0 Å². The summed E-state index contributed by atoms with van der Waals surface area (Å²) in [6, 6.07) is 8.17. The Morgan fingerprint density at radius 2 is 2.12 bits per heavy atom. The maximum atomic E-state index is 5.12. The number of ether oxygens (including phenoxy) is 1. The first-order valence-corrected chi connectivity index (χ1v) is 6.26. The average Bonchev–Trinajstić information content (AvgIpc) is 2.30. The zero-order chi connectivity index (χ0) is 11.8. The van der Waals surface area contributed by atoms with E-state index >= 15 is 0 Å². The molecule has 1 aromatic rings. The molecule has 1 N–H and O–H groups in total. The summed E-state index contributed by atoms with van der Waals surface area (Å²) in [7, 11) is 1.68. The van der Waals surface area contributed by atoms with Gasteiger partial charge < -0.3 is 10.1 Å². The number of rotatable bonds is 7. The van der Waals surface area contributed by atoms with E-state index < -0.39 is 0 Å². The molecule has 16 heavy (non-hydrogen) atoms. The number of thioether (sulfide) groups is 1. The minimum absolute atomic E-state index is 0.549. The quantitative estimate of drug-likeness (QED) is 0.447. The Balaban J connectivity index is 2.37. The van der Waals surface area contributed by atoms with Crippen molar-refractivity contribution < 1.29 is 4.74 Å². The summed E-state index contributed by atoms with van der Waals surface area (Å²) >= 11 is 1.86. The lowest BCUT2D eigenvalue weighted by molar-refractivity contribution is 0.414. The van der Waals surface area contributed by atoms with Gasteiger partial charge in [0.25, 0.3) is 0 Å². The van der Waals surface area contributed by atoms with Gasteiger partial charge in [0.1, 0.15) is 5.75 Å². The summed E-state index contributed by atoms with van der Waals surface area (Å²) in [5.74, 6) is 0.904. The Kier molecular flexibility index (Phi) is 6.04. The van der Waals surface area contributed by atoms with Crippen LogP contribution in [0.25, 0.3) is 0 Å². The number of methoxy groups -OCH3 is 1. The van der Waals surface area contributed by atoms with E-state index in [4.69, 9.17) is 4.74 Å². The van der Waals surface area contributed by atoms with Crippen molar-refractivity contribution in [3.05, 3.63) is 36.9 Å². The number of nitrogens with one attached hydrogen (secondary N) is 1. The van der Waals surface area contributed by atoms with Crippen LogP contribution in [0.15, 0.2) is 41.8 Å². The van der Waals surface area contributed by atoms with Crippen molar-refractivity contribution in [1.29, 1.82) is 0 Å². The van der Waals surface area contributed by atoms with E-state index in [2.05, 4.69) is 31.0 Å². The van der Waals surface area contributed by atoms with Crippen LogP contribution in [0.5, 0.6) is 5.75 Å². The van der Waals surface area contributed by atoms with Crippen molar-refractivity contribution in [2.24, 2.45) is 0 Å². The first-order chi connectivity index (χ1) is 7.76. The van der Waals surface area contributed by atoms with E-state index in [0.29, 0.717) is 5.25 Å². The Morgan fingerprint density at radius 1 is 1.44 bits per heavy atom. The molecule has 1 aromatic carbocycles. The van der Waals surface area contributed by atoms with Crippen LogP contribution in [0.3, 0.4) is 0 Å². The first-order valence-electron chi connectivity index (χ1n) is 5.38. The third-order valence-corrected chi connectivity index (χ3v) is 3.23. The van der Waals surface area contributed by atoms with Gasteiger partial charge in [-0.3, -0.25) is 0 Å². The number of hydrogen-bond acceptors (Lipinski definition) is 3. The van der Waals surface area contributed by atoms with Crippen LogP contribution in [-0.4, -0.2) is 25.4 Å². The Labute approximate surface area is 102 Å². The van der Waals surface area contributed by atoms with Crippen molar-refractivity contribution in [2.45, 2.75) is 17.1 Å². The molecule has 2 nitrogen and oxygen atoms in total. The van der Waals surface area contributed by atoms with Gasteiger partial charge in [-0.2, -0.15) is 0 Å². The molecule has 1 unspecified atom stereocenters. The highest BCUT2D eigenvalue weighted by atomic mass is 32.2. The molecule has 0 aromatic heterocycles. The normalized spacial score (nSPS) is 12.1. The lowest BCUT2D eigenvalue weighted by Gasteiger charge is -2.11. The number of hydrogen-bond donors (Lipinski definition) is 1. The molecular formula is C13H19NOS. The minimum Gasteiger partial charge on any atom is -0.497 e. The van der Waals surface area contributed by atoms with Gasteiger partial charge in [-0.25, -0.2) is 0 Å². The summed E-state index contributed by atoms with van der Waals surface area (Å²) in [4.78, 5) is 1.27. The predicted octanol–water partition coefficient (Wildman–Crippen LogP) is 2.95. The third-order valence-electron chi connectivity index (χ3n) is 2.12. The summed E-state index contributed by atoms with van der Waals surface area (Å²) in [6.45, 7) is 7.75. The lowest BCUT2D eigenvalue weighted by Crippen LogP contribution is -2.22. The summed E-state index contributed by atoms with van der Waals surface area (Å²) < 4.78 is 5.12. The highest BCUT2D eigenvalue weighted by molar-refractivity contribution is 8.00. The zero-order valence-corrected chi connectivity index (χ0v) is 10.7. The topological polar surface area (TPSA) is 21.3 Å². The summed E-state index contributed by atoms with van der Waals surface area (Å²) in [6.07, 6.45) is 1.88. The molecule has 3 heteroatoms. The van der Waals surface area contributed by atoms with Crippen molar-refractivity contribution in [3.63, 3.8) is 0 Å². The Hall–Kier alpha value is -0.930. The van der Waals surface area contributed by atoms with Gasteiger partial charge in [0.2, 0.25) is 0 Å². The highest BCUT2D eigenvalue weighted by Crippen LogP contribution is 2.24. The predicted molar refractivity (Wildman–Crippen MR) is 71.4 cm³/mol. The fraction of sp³-hybridized carbons (Fsp3) is 0.385. The van der Waals surface area contributed by atoms with Gasteiger partial charge in [-0.05, 0) is 24.3 Å². The molecule has 0 fully saturated rings. The molecular weight excluding hydrogens is 218 g/mol. The molecule has 0 aliphatic carbocycles. The fourth-order valence-corrected chi connectivity index (χ4v) is 2.28. The largest absolute Gasteiger partial charge is 0.497 e. The average molecular weight is 237 g/mol. The zero-order valence-electron chi connectivity index (χ0n) is 9.90. The third kappa shape index (κ3) is 4.73. The summed E-state index contributed by atoms with van der Waals surface area (Å²) in [5, 5.41) is 3.86. The molecule has 1 atom stereocenters. The van der Waals surface area contributed by atoms with Crippen LogP contribution in [0.4, 0.5) is 0 Å². The van der Waals surface area contributed by atoms with Crippen LogP contribution in [0.1, 0.15) is 6.92 Å². The molecule has 0 amide bonds. The molecule has 0 saturated carbocycles. The van der Waals surface area contributed by atoms with Crippen molar-refractivity contribution in [1.82, 2.24) is 5.32 Å². The molecule has 0 heterocycles. The molecule has 0 radical (unpaired) electrons. The molecule has 0 aliphatic heterocycles. The van der Waals surface area contributed by atoms with E-state index in [9.17, 15) is 0 Å². The lowest BCUT2D eigenvalue weighted by atomic mass is 10.3. The van der Waals surface area contributed by atoms with Gasteiger partial charge in [-0.15, -0.1) is 18.3 Å². The first kappa shape index (κ1) is 13.1. The molecule has 0 spiro atoms. The van der Waals surface area contributed by atoms with E-state index in [1.165, 1.54) is 4.90 Å². The van der Waals surface area contributed by atoms with Crippen molar-refractivity contribution >= 4 is 11.8 Å². The molecule has 88 valence electrons. The number of benzene rings is 1. The van der Waals surface area contributed by atoms with Gasteiger partial charge in [0.15, 0.2) is 0 Å². The SMILES string of the molecule is C=CCNCC(C)Sc1ccc(OC)cc1. The van der Waals surface area contributed by atoms with Gasteiger partial charge in [-0.1, -0.05) is 13.0 Å². The van der Waals surface area contributed by atoms with E-state index in [0.717, 1.165) is 18.8 Å². The molecule has 0 aliphatic rings. The van der Waals surface area contributed by atoms with E-state index in [1.807, 2.05) is 30.0 Å². The smallest absolute Gasteiger partial charge is 0.118 e. The van der Waals surface area contributed by atoms with E-state index in [1.54, 1.807) is 7.11 Å². The maximum absolute atomic E-state index is 5.12. The van der Waals surface area contributed by atoms with Gasteiger partial charge in [0.05, 0.1) is 7.11 Å². The Morgan fingerprint density at radius 3 is 2.69 bits per heavy atom. The van der Waals surface area contributed by atoms with Crippen LogP contribution < -0.4 is 10.1 Å². The molecule has 0 bridgehead atoms. The van der Waals surface area contributed by atoms with Crippen LogP contribution in [0, 0.1) is 0 Å². The van der Waals surface area contributed by atoms with Crippen molar-refractivity contribution in [2.75, 3.05) is 20.2 Å². The maximum Gasteiger partial charge on any atom is 0.118 e. The molecule has 1 rings (SSSR count). The van der Waals surface area contributed by atoms with Gasteiger partial charge >= 0.3 is 0 Å². The van der Waals surface area contributed by atoms with Crippen molar-refractivity contribution in [3.8, 4) is 5.75 Å². The standard InChI is InChI=1S/C13H19NOS/c1-4-9-14-10-11(2)16-13-7-5-12(15-3)6-8-13/h4-8,11,14H,1,9-10H2,2-3H3. The Bertz CT molecular complexity index is 310. The minimum atomic E-state index is 0.549. The second-order valence-electron chi connectivity index (χ2n) is 3.55. The fourth-order valence-electron chi connectivity index (χ4n) is 1.32. The molecule has 0 saturated heterocycles. The second kappa shape index (κ2) is 7.36. The summed E-state index contributed by atoms with van der Waals surface area (Å²) in [5.41, 5.74) is 0. The monoisotopic (exact) mass is 237 g/mol. The van der Waals surface area contributed by atoms with Crippen LogP contribution >= 0.6 is 11.8 Å². The van der Waals surface area contributed by atoms with Crippen LogP contribution in [-0.2, 0) is 0 Å². The second-order valence-corrected chi connectivity index (χ2v) is 5.06. The highest BCUT2D eigenvalue weighted by Gasteiger charge is 2.03. The van der Waals surface area contributed by atoms with Gasteiger partial charge in [0, 0.05) is 23.2 Å². The van der Waals surface area contributed by atoms with E-state index in [-0.39, 0.29) is 0 Å².